The van der Waals surface area contributed by atoms with Crippen LogP contribution in [0.2, 0.25) is 0 Å². The average molecular weight is 430 g/mol. The van der Waals surface area contributed by atoms with Crippen LogP contribution in [0.4, 0.5) is 0 Å². The summed E-state index contributed by atoms with van der Waals surface area (Å²) in [7, 11) is -3.83. The van der Waals surface area contributed by atoms with Gasteiger partial charge in [0.1, 0.15) is 18.2 Å². The number of hydrogen-bond acceptors (Lipinski definition) is 4. The number of benzene rings is 4. The van der Waals surface area contributed by atoms with Crippen LogP contribution in [0.3, 0.4) is 0 Å². The fourth-order valence-corrected chi connectivity index (χ4v) is 4.42. The van der Waals surface area contributed by atoms with Crippen LogP contribution >= 0.6 is 0 Å². The zero-order valence-electron chi connectivity index (χ0n) is 16.4. The number of nitrogens with two attached hydrogens (primary N) is 1. The lowest BCUT2D eigenvalue weighted by atomic mass is 10.1. The van der Waals surface area contributed by atoms with Crippen molar-refractivity contribution in [1.82, 2.24) is 9.97 Å². The second-order valence-corrected chi connectivity index (χ2v) is 8.78. The molecule has 5 rings (SSSR count). The second-order valence-electron chi connectivity index (χ2n) is 7.25. The molecule has 154 valence electrons. The number of ether oxygens (including phenoxy) is 1. The minimum Gasteiger partial charge on any atom is -0.486 e. The summed E-state index contributed by atoms with van der Waals surface area (Å²) in [5.74, 6) is 1.45. The molecule has 0 aliphatic rings. The third-order valence-electron chi connectivity index (χ3n) is 5.13. The van der Waals surface area contributed by atoms with Crippen molar-refractivity contribution in [2.45, 2.75) is 11.5 Å². The molecule has 4 aromatic carbocycles. The molecule has 3 N–H and O–H groups in total. The molecule has 0 spiro atoms. The fraction of sp³-hybridized carbons (Fsp3) is 0.0417. The van der Waals surface area contributed by atoms with Gasteiger partial charge in [-0.15, -0.1) is 0 Å². The number of fused-ring (bicyclic) bond motifs is 2. The van der Waals surface area contributed by atoms with Crippen LogP contribution < -0.4 is 9.88 Å². The van der Waals surface area contributed by atoms with E-state index in [-0.39, 0.29) is 11.5 Å². The van der Waals surface area contributed by atoms with Crippen LogP contribution in [0, 0.1) is 0 Å². The quantitative estimate of drug-likeness (QED) is 0.426. The summed E-state index contributed by atoms with van der Waals surface area (Å²) < 4.78 is 29.8. The maximum absolute atomic E-state index is 11.9. The molecule has 0 radical (unpaired) electrons. The van der Waals surface area contributed by atoms with Crippen molar-refractivity contribution in [3.63, 3.8) is 0 Å². The van der Waals surface area contributed by atoms with E-state index in [1.165, 1.54) is 6.07 Å². The zero-order valence-corrected chi connectivity index (χ0v) is 17.3. The third-order valence-corrected chi connectivity index (χ3v) is 6.10. The predicted octanol–water partition coefficient (Wildman–Crippen LogP) is 4.61. The van der Waals surface area contributed by atoms with E-state index >= 15 is 0 Å². The van der Waals surface area contributed by atoms with Crippen molar-refractivity contribution in [3.05, 3.63) is 90.8 Å². The lowest BCUT2D eigenvalue weighted by Gasteiger charge is -2.07. The molecular weight excluding hydrogens is 410 g/mol. The Balaban J connectivity index is 1.42. The normalized spacial score (nSPS) is 11.8. The number of nitrogens with one attached hydrogen (secondary N) is 1. The highest BCUT2D eigenvalue weighted by Gasteiger charge is 2.15. The SMILES string of the molecule is NS(=O)(=O)c1ccccc1-c1ccc2nc(COc3ccc4ccccc4c3)[nH]c2c1. The van der Waals surface area contributed by atoms with Crippen LogP contribution in [0.1, 0.15) is 5.82 Å². The van der Waals surface area contributed by atoms with E-state index in [0.29, 0.717) is 11.4 Å². The number of rotatable bonds is 5. The summed E-state index contributed by atoms with van der Waals surface area (Å²) in [5.41, 5.74) is 2.85. The molecule has 0 amide bonds. The first-order chi connectivity index (χ1) is 15.0. The summed E-state index contributed by atoms with van der Waals surface area (Å²) >= 11 is 0. The van der Waals surface area contributed by atoms with Gasteiger partial charge < -0.3 is 9.72 Å². The number of aromatic amines is 1. The van der Waals surface area contributed by atoms with Gasteiger partial charge in [-0.2, -0.15) is 0 Å². The van der Waals surface area contributed by atoms with Crippen molar-refractivity contribution in [2.24, 2.45) is 5.14 Å². The van der Waals surface area contributed by atoms with E-state index < -0.39 is 10.0 Å². The molecule has 0 fully saturated rings. The minimum atomic E-state index is -3.83. The third kappa shape index (κ3) is 3.88. The van der Waals surface area contributed by atoms with Crippen molar-refractivity contribution < 1.29 is 13.2 Å². The molecule has 0 saturated heterocycles. The molecule has 0 aliphatic carbocycles. The molecule has 6 nitrogen and oxygen atoms in total. The number of primary sulfonamides is 1. The summed E-state index contributed by atoms with van der Waals surface area (Å²) in [5, 5.41) is 7.65. The first-order valence-electron chi connectivity index (χ1n) is 9.70. The second kappa shape index (κ2) is 7.54. The Morgan fingerprint density at radius 2 is 1.65 bits per heavy atom. The van der Waals surface area contributed by atoms with Gasteiger partial charge in [0, 0.05) is 5.56 Å². The van der Waals surface area contributed by atoms with Crippen molar-refractivity contribution in [2.75, 3.05) is 0 Å². The van der Waals surface area contributed by atoms with Gasteiger partial charge >= 0.3 is 0 Å². The lowest BCUT2D eigenvalue weighted by Crippen LogP contribution is -2.13. The van der Waals surface area contributed by atoms with Gasteiger partial charge in [0.2, 0.25) is 10.0 Å². The number of imidazole rings is 1. The highest BCUT2D eigenvalue weighted by molar-refractivity contribution is 7.89. The van der Waals surface area contributed by atoms with Gasteiger partial charge in [0.15, 0.2) is 0 Å². The van der Waals surface area contributed by atoms with Crippen LogP contribution in [0.25, 0.3) is 32.9 Å². The number of H-pyrrole nitrogens is 1. The summed E-state index contributed by atoms with van der Waals surface area (Å²) in [6, 6.07) is 26.3. The van der Waals surface area contributed by atoms with Gasteiger partial charge in [-0.3, -0.25) is 0 Å². The van der Waals surface area contributed by atoms with Gasteiger partial charge in [-0.25, -0.2) is 18.5 Å². The molecule has 31 heavy (non-hydrogen) atoms. The molecular formula is C24H19N3O3S. The Morgan fingerprint density at radius 3 is 2.48 bits per heavy atom. The molecule has 0 unspecified atom stereocenters. The van der Waals surface area contributed by atoms with E-state index in [9.17, 15) is 8.42 Å². The first kappa shape index (κ1) is 19.3. The predicted molar refractivity (Wildman–Crippen MR) is 121 cm³/mol. The summed E-state index contributed by atoms with van der Waals surface area (Å²) in [6.45, 7) is 0.288. The van der Waals surface area contributed by atoms with E-state index in [4.69, 9.17) is 9.88 Å². The van der Waals surface area contributed by atoms with E-state index in [2.05, 4.69) is 16.0 Å². The Bertz CT molecular complexity index is 1520. The van der Waals surface area contributed by atoms with Crippen molar-refractivity contribution in [3.8, 4) is 16.9 Å². The highest BCUT2D eigenvalue weighted by Crippen LogP contribution is 2.29. The van der Waals surface area contributed by atoms with Crippen molar-refractivity contribution >= 4 is 31.8 Å². The Hall–Kier alpha value is -3.68. The van der Waals surface area contributed by atoms with Gasteiger partial charge in [0.25, 0.3) is 0 Å². The number of aromatic nitrogens is 2. The smallest absolute Gasteiger partial charge is 0.238 e. The monoisotopic (exact) mass is 429 g/mol. The molecule has 0 bridgehead atoms. The Labute approximate surface area is 179 Å². The molecule has 0 atom stereocenters. The van der Waals surface area contributed by atoms with Gasteiger partial charge in [0.05, 0.1) is 15.9 Å². The van der Waals surface area contributed by atoms with Crippen molar-refractivity contribution in [1.29, 1.82) is 0 Å². The molecule has 5 aromatic rings. The Morgan fingerprint density at radius 1 is 0.871 bits per heavy atom. The molecule has 0 aliphatic heterocycles. The number of nitrogens with zero attached hydrogens (tertiary/aromatic N) is 1. The maximum atomic E-state index is 11.9. The summed E-state index contributed by atoms with van der Waals surface area (Å²) in [6.07, 6.45) is 0. The lowest BCUT2D eigenvalue weighted by molar-refractivity contribution is 0.298. The molecule has 1 aromatic heterocycles. The largest absolute Gasteiger partial charge is 0.486 e. The number of sulfonamides is 1. The van der Waals surface area contributed by atoms with Crippen LogP contribution in [-0.4, -0.2) is 18.4 Å². The van der Waals surface area contributed by atoms with Gasteiger partial charge in [-0.05, 0) is 46.7 Å². The van der Waals surface area contributed by atoms with E-state index in [1.54, 1.807) is 18.2 Å². The maximum Gasteiger partial charge on any atom is 0.238 e. The topological polar surface area (TPSA) is 98.1 Å². The van der Waals surface area contributed by atoms with Crippen LogP contribution in [0.5, 0.6) is 5.75 Å². The van der Waals surface area contributed by atoms with Crippen LogP contribution in [0.15, 0.2) is 89.8 Å². The molecule has 7 heteroatoms. The number of hydrogen-bond donors (Lipinski definition) is 2. The van der Waals surface area contributed by atoms with Crippen LogP contribution in [-0.2, 0) is 16.6 Å². The molecule has 1 heterocycles. The molecule has 0 saturated carbocycles. The zero-order chi connectivity index (χ0) is 21.4. The van der Waals surface area contributed by atoms with Gasteiger partial charge in [-0.1, -0.05) is 54.6 Å². The minimum absolute atomic E-state index is 0.0914. The van der Waals surface area contributed by atoms with E-state index in [1.807, 2.05) is 54.6 Å². The highest BCUT2D eigenvalue weighted by atomic mass is 32.2. The fourth-order valence-electron chi connectivity index (χ4n) is 3.66. The first-order valence-corrected chi connectivity index (χ1v) is 11.2. The standard InChI is InChI=1S/C24H19N3O3S/c25-31(28,29)23-8-4-3-7-20(23)18-10-12-21-22(14-18)27-24(26-21)15-30-19-11-9-16-5-1-2-6-17(16)13-19/h1-14H,15H2,(H,26,27)(H2,25,28,29). The Kier molecular flexibility index (Phi) is 4.69. The van der Waals surface area contributed by atoms with E-state index in [0.717, 1.165) is 33.1 Å². The average Bonchev–Trinajstić information content (AvgIpc) is 3.19. The summed E-state index contributed by atoms with van der Waals surface area (Å²) in [4.78, 5) is 7.92.